The minimum Gasteiger partial charge on any atom is -0.420 e. The van der Waals surface area contributed by atoms with Gasteiger partial charge in [-0.3, -0.25) is 4.79 Å². The maximum absolute atomic E-state index is 14.6. The average molecular weight is 381 g/mol. The number of hydrogen-bond acceptors (Lipinski definition) is 4. The molecule has 0 radical (unpaired) electrons. The van der Waals surface area contributed by atoms with Crippen molar-refractivity contribution in [2.24, 2.45) is 5.92 Å². The van der Waals surface area contributed by atoms with E-state index in [9.17, 15) is 9.18 Å². The number of rotatable bonds is 5. The smallest absolute Gasteiger partial charge is 0.300 e. The van der Waals surface area contributed by atoms with Crippen molar-refractivity contribution in [1.29, 1.82) is 0 Å². The number of ketones is 1. The Morgan fingerprint density at radius 1 is 1.28 bits per heavy atom. The molecule has 1 N–H and O–H groups in total. The van der Waals surface area contributed by atoms with Crippen molar-refractivity contribution in [3.05, 3.63) is 51.8 Å². The van der Waals surface area contributed by atoms with E-state index in [1.54, 1.807) is 44.2 Å². The van der Waals surface area contributed by atoms with Gasteiger partial charge in [-0.15, -0.1) is 0 Å². The molecule has 0 aliphatic heterocycles. The van der Waals surface area contributed by atoms with Crippen molar-refractivity contribution in [2.75, 3.05) is 5.32 Å². The summed E-state index contributed by atoms with van der Waals surface area (Å²) >= 11 is 12.0. The SMILES string of the molecule is CC(C)C(=O)Cc1ccc2nc(Nc3cc(Cl)ccc3Cl)oc2c1F. The minimum atomic E-state index is -0.579. The number of nitrogens with zero attached hydrogens (tertiary/aromatic N) is 1. The Labute approximate surface area is 153 Å². The van der Waals surface area contributed by atoms with Crippen molar-refractivity contribution in [1.82, 2.24) is 4.98 Å². The zero-order valence-electron chi connectivity index (χ0n) is 13.6. The first-order chi connectivity index (χ1) is 11.8. The van der Waals surface area contributed by atoms with E-state index in [-0.39, 0.29) is 35.3 Å². The molecule has 0 spiro atoms. The number of anilines is 2. The third-order valence-corrected chi connectivity index (χ3v) is 4.32. The van der Waals surface area contributed by atoms with Crippen LogP contribution >= 0.6 is 23.2 Å². The van der Waals surface area contributed by atoms with Gasteiger partial charge in [0.2, 0.25) is 0 Å². The van der Waals surface area contributed by atoms with Gasteiger partial charge < -0.3 is 9.73 Å². The molecule has 7 heteroatoms. The average Bonchev–Trinajstić information content (AvgIpc) is 2.97. The lowest BCUT2D eigenvalue weighted by molar-refractivity contribution is -0.121. The summed E-state index contributed by atoms with van der Waals surface area (Å²) in [5.41, 5.74) is 1.12. The number of benzene rings is 2. The number of carbonyl (C=O) groups excluding carboxylic acids is 1. The van der Waals surface area contributed by atoms with Crippen LogP contribution in [0.1, 0.15) is 19.4 Å². The molecule has 0 aliphatic carbocycles. The fraction of sp³-hybridized carbons (Fsp3) is 0.222. The van der Waals surface area contributed by atoms with Crippen molar-refractivity contribution in [2.45, 2.75) is 20.3 Å². The molecule has 3 rings (SSSR count). The molecule has 0 aliphatic rings. The molecule has 2 aromatic carbocycles. The quantitative estimate of drug-likeness (QED) is 0.608. The molecule has 4 nitrogen and oxygen atoms in total. The highest BCUT2D eigenvalue weighted by Crippen LogP contribution is 2.31. The molecule has 0 saturated carbocycles. The van der Waals surface area contributed by atoms with E-state index in [0.717, 1.165) is 0 Å². The van der Waals surface area contributed by atoms with Crippen LogP contribution in [0.2, 0.25) is 10.0 Å². The number of hydrogen-bond donors (Lipinski definition) is 1. The monoisotopic (exact) mass is 380 g/mol. The molecule has 1 aromatic heterocycles. The lowest BCUT2D eigenvalue weighted by Crippen LogP contribution is -2.11. The fourth-order valence-electron chi connectivity index (χ4n) is 2.29. The van der Waals surface area contributed by atoms with E-state index < -0.39 is 5.82 Å². The standard InChI is InChI=1S/C18H15Cl2FN2O2/c1-9(2)15(24)7-10-3-6-13-17(16(10)21)25-18(22-13)23-14-8-11(19)4-5-12(14)20/h3-6,8-9H,7H2,1-2H3,(H,22,23). The van der Waals surface area contributed by atoms with Crippen LogP contribution < -0.4 is 5.32 Å². The summed E-state index contributed by atoms with van der Waals surface area (Å²) in [4.78, 5) is 16.1. The van der Waals surface area contributed by atoms with Gasteiger partial charge in [0.15, 0.2) is 11.4 Å². The normalized spacial score (nSPS) is 11.3. The number of nitrogens with one attached hydrogen (secondary N) is 1. The molecule has 25 heavy (non-hydrogen) atoms. The van der Waals surface area contributed by atoms with Gasteiger partial charge in [0, 0.05) is 17.4 Å². The van der Waals surface area contributed by atoms with Crippen LogP contribution in [0, 0.1) is 11.7 Å². The van der Waals surface area contributed by atoms with E-state index in [1.807, 2.05) is 0 Å². The second kappa shape index (κ2) is 7.02. The van der Waals surface area contributed by atoms with Crippen molar-refractivity contribution >= 4 is 51.8 Å². The van der Waals surface area contributed by atoms with Gasteiger partial charge in [-0.1, -0.05) is 43.1 Å². The molecule has 0 unspecified atom stereocenters. The van der Waals surface area contributed by atoms with Gasteiger partial charge >= 0.3 is 0 Å². The molecule has 1 heterocycles. The zero-order chi connectivity index (χ0) is 18.1. The number of oxazole rings is 1. The first-order valence-corrected chi connectivity index (χ1v) is 8.43. The first kappa shape index (κ1) is 17.7. The van der Waals surface area contributed by atoms with E-state index in [0.29, 0.717) is 21.2 Å². The van der Waals surface area contributed by atoms with Crippen molar-refractivity contribution in [3.63, 3.8) is 0 Å². The van der Waals surface area contributed by atoms with Gasteiger partial charge in [-0.2, -0.15) is 4.98 Å². The van der Waals surface area contributed by atoms with Crippen LogP contribution in [0.4, 0.5) is 16.1 Å². The highest BCUT2D eigenvalue weighted by molar-refractivity contribution is 6.35. The zero-order valence-corrected chi connectivity index (χ0v) is 15.1. The molecule has 0 amide bonds. The summed E-state index contributed by atoms with van der Waals surface area (Å²) in [5, 5.41) is 3.80. The topological polar surface area (TPSA) is 55.1 Å². The van der Waals surface area contributed by atoms with Crippen LogP contribution in [0.3, 0.4) is 0 Å². The molecule has 0 saturated heterocycles. The van der Waals surface area contributed by atoms with Gasteiger partial charge in [-0.05, 0) is 29.8 Å². The Bertz CT molecular complexity index is 954. The molecule has 0 fully saturated rings. The predicted octanol–water partition coefficient (Wildman–Crippen LogP) is 5.78. The third kappa shape index (κ3) is 3.78. The number of Topliss-reactive ketones (excluding diaryl/α,β-unsaturated/α-hetero) is 1. The van der Waals surface area contributed by atoms with Gasteiger partial charge in [0.25, 0.3) is 6.01 Å². The predicted molar refractivity (Wildman–Crippen MR) is 97.3 cm³/mol. The van der Waals surface area contributed by atoms with Crippen LogP contribution in [0.5, 0.6) is 0 Å². The van der Waals surface area contributed by atoms with Crippen LogP contribution in [0.25, 0.3) is 11.1 Å². The summed E-state index contributed by atoms with van der Waals surface area (Å²) in [5.74, 6) is -0.780. The molecular formula is C18H15Cl2FN2O2. The third-order valence-electron chi connectivity index (χ3n) is 3.76. The first-order valence-electron chi connectivity index (χ1n) is 7.68. The molecule has 0 atom stereocenters. The molecular weight excluding hydrogens is 366 g/mol. The lowest BCUT2D eigenvalue weighted by atomic mass is 10.0. The Morgan fingerprint density at radius 3 is 2.76 bits per heavy atom. The Hall–Kier alpha value is -2.11. The number of carbonyl (C=O) groups is 1. The highest BCUT2D eigenvalue weighted by atomic mass is 35.5. The molecule has 0 bridgehead atoms. The van der Waals surface area contributed by atoms with Crippen molar-refractivity contribution < 1.29 is 13.6 Å². The van der Waals surface area contributed by atoms with Gasteiger partial charge in [-0.25, -0.2) is 4.39 Å². The van der Waals surface area contributed by atoms with Gasteiger partial charge in [0.05, 0.1) is 10.7 Å². The number of halogens is 3. The van der Waals surface area contributed by atoms with Crippen molar-refractivity contribution in [3.8, 4) is 0 Å². The molecule has 3 aromatic rings. The summed E-state index contributed by atoms with van der Waals surface area (Å²) in [7, 11) is 0. The minimum absolute atomic E-state index is 0.00490. The lowest BCUT2D eigenvalue weighted by Gasteiger charge is -2.05. The molecule has 130 valence electrons. The van der Waals surface area contributed by atoms with Crippen LogP contribution in [0.15, 0.2) is 34.7 Å². The second-order valence-electron chi connectivity index (χ2n) is 5.95. The number of fused-ring (bicyclic) bond motifs is 1. The van der Waals surface area contributed by atoms with Crippen LogP contribution in [-0.2, 0) is 11.2 Å². The summed E-state index contributed by atoms with van der Waals surface area (Å²) in [6.07, 6.45) is 0.0169. The van der Waals surface area contributed by atoms with E-state index >= 15 is 0 Å². The summed E-state index contributed by atoms with van der Waals surface area (Å²) < 4.78 is 20.1. The van der Waals surface area contributed by atoms with Crippen LogP contribution in [-0.4, -0.2) is 10.8 Å². The van der Waals surface area contributed by atoms with E-state index in [4.69, 9.17) is 27.6 Å². The second-order valence-corrected chi connectivity index (χ2v) is 6.80. The van der Waals surface area contributed by atoms with Gasteiger partial charge in [0.1, 0.15) is 11.3 Å². The Morgan fingerprint density at radius 2 is 2.04 bits per heavy atom. The fourth-order valence-corrected chi connectivity index (χ4v) is 2.63. The Balaban J connectivity index is 1.93. The number of aromatic nitrogens is 1. The summed E-state index contributed by atoms with van der Waals surface area (Å²) in [6.45, 7) is 3.56. The maximum Gasteiger partial charge on any atom is 0.300 e. The summed E-state index contributed by atoms with van der Waals surface area (Å²) in [6, 6.07) is 8.16. The van der Waals surface area contributed by atoms with E-state index in [1.165, 1.54) is 0 Å². The Kier molecular flexibility index (Phi) is 4.97. The highest BCUT2D eigenvalue weighted by Gasteiger charge is 2.18. The largest absolute Gasteiger partial charge is 0.420 e. The maximum atomic E-state index is 14.6. The van der Waals surface area contributed by atoms with E-state index in [2.05, 4.69) is 10.3 Å².